The number of likely N-dealkylation sites (tertiary alicyclic amines) is 1. The van der Waals surface area contributed by atoms with E-state index in [0.29, 0.717) is 6.61 Å². The summed E-state index contributed by atoms with van der Waals surface area (Å²) in [6, 6.07) is 6.30. The van der Waals surface area contributed by atoms with Gasteiger partial charge in [-0.05, 0) is 69.1 Å². The Labute approximate surface area is 150 Å². The fraction of sp³-hybridized carbons (Fsp3) is 0.632. The summed E-state index contributed by atoms with van der Waals surface area (Å²) in [5.41, 5.74) is 2.47. The molecular weight excluding hydrogens is 324 g/mol. The summed E-state index contributed by atoms with van der Waals surface area (Å²) in [5.74, 6) is 0.0264. The van der Waals surface area contributed by atoms with Crippen LogP contribution in [0, 0.1) is 5.92 Å². The molecule has 0 amide bonds. The van der Waals surface area contributed by atoms with E-state index < -0.39 is 0 Å². The van der Waals surface area contributed by atoms with Gasteiger partial charge in [0.1, 0.15) is 0 Å². The molecule has 2 rings (SSSR count). The molecule has 1 fully saturated rings. The molecule has 0 radical (unpaired) electrons. The Kier molecular flexibility index (Phi) is 8.03. The monoisotopic (exact) mass is 352 g/mol. The molecule has 134 valence electrons. The van der Waals surface area contributed by atoms with Gasteiger partial charge < -0.3 is 10.1 Å². The second kappa shape index (κ2) is 10.0. The number of nitrogens with zero attached hydrogens (tertiary/aromatic N) is 1. The van der Waals surface area contributed by atoms with Crippen molar-refractivity contribution in [3.63, 3.8) is 0 Å². The molecule has 1 aromatic carbocycles. The van der Waals surface area contributed by atoms with Gasteiger partial charge in [0.25, 0.3) is 0 Å². The van der Waals surface area contributed by atoms with E-state index in [9.17, 15) is 4.79 Å². The maximum atomic E-state index is 11.8. The fourth-order valence-electron chi connectivity index (χ4n) is 3.17. The molecule has 0 aliphatic carbocycles. The van der Waals surface area contributed by atoms with E-state index in [4.69, 9.17) is 16.3 Å². The number of hydrogen-bond donors (Lipinski definition) is 1. The number of rotatable bonds is 8. The van der Waals surface area contributed by atoms with Gasteiger partial charge in [-0.3, -0.25) is 9.69 Å². The van der Waals surface area contributed by atoms with E-state index in [1.54, 1.807) is 0 Å². The quantitative estimate of drug-likeness (QED) is 0.573. The van der Waals surface area contributed by atoms with Crippen molar-refractivity contribution in [1.82, 2.24) is 10.2 Å². The first-order chi connectivity index (χ1) is 11.6. The zero-order valence-electron chi connectivity index (χ0n) is 14.8. The highest BCUT2D eigenvalue weighted by atomic mass is 35.5. The van der Waals surface area contributed by atoms with Crippen molar-refractivity contribution in [2.75, 3.05) is 26.2 Å². The normalized spacial score (nSPS) is 16.3. The van der Waals surface area contributed by atoms with Crippen LogP contribution in [0.1, 0.15) is 44.2 Å². The van der Waals surface area contributed by atoms with E-state index in [0.717, 1.165) is 57.0 Å². The smallest absolute Gasteiger partial charge is 0.309 e. The molecule has 1 aromatic rings. The predicted molar refractivity (Wildman–Crippen MR) is 98.1 cm³/mol. The third-order valence-electron chi connectivity index (χ3n) is 4.39. The van der Waals surface area contributed by atoms with Gasteiger partial charge in [0.2, 0.25) is 0 Å². The van der Waals surface area contributed by atoms with Crippen LogP contribution in [0.2, 0.25) is 5.02 Å². The van der Waals surface area contributed by atoms with Gasteiger partial charge in [-0.25, -0.2) is 0 Å². The molecular formula is C19H29ClN2O2. The highest BCUT2D eigenvalue weighted by Crippen LogP contribution is 2.22. The summed E-state index contributed by atoms with van der Waals surface area (Å²) in [4.78, 5) is 14.2. The molecule has 24 heavy (non-hydrogen) atoms. The summed E-state index contributed by atoms with van der Waals surface area (Å²) in [7, 11) is 0. The van der Waals surface area contributed by atoms with Crippen molar-refractivity contribution in [2.24, 2.45) is 5.92 Å². The number of halogens is 1. The average Bonchev–Trinajstić information content (AvgIpc) is 2.55. The third kappa shape index (κ3) is 6.08. The zero-order chi connectivity index (χ0) is 17.4. The number of piperidine rings is 1. The number of ether oxygens (including phenoxy) is 1. The lowest BCUT2D eigenvalue weighted by Gasteiger charge is -2.30. The van der Waals surface area contributed by atoms with E-state index in [-0.39, 0.29) is 11.9 Å². The van der Waals surface area contributed by atoms with Gasteiger partial charge in [-0.2, -0.15) is 0 Å². The van der Waals surface area contributed by atoms with Crippen LogP contribution < -0.4 is 5.32 Å². The van der Waals surface area contributed by atoms with Gasteiger partial charge in [0.05, 0.1) is 12.5 Å². The van der Waals surface area contributed by atoms with Crippen molar-refractivity contribution in [3.05, 3.63) is 34.3 Å². The maximum Gasteiger partial charge on any atom is 0.309 e. The fourth-order valence-corrected chi connectivity index (χ4v) is 3.45. The number of nitrogens with one attached hydrogen (secondary N) is 1. The minimum Gasteiger partial charge on any atom is -0.466 e. The van der Waals surface area contributed by atoms with E-state index in [1.165, 1.54) is 11.1 Å². The number of carbonyl (C=O) groups excluding carboxylic acids is 1. The number of carbonyl (C=O) groups is 1. The molecule has 0 bridgehead atoms. The maximum absolute atomic E-state index is 11.8. The van der Waals surface area contributed by atoms with E-state index in [2.05, 4.69) is 23.2 Å². The van der Waals surface area contributed by atoms with Crippen LogP contribution in [0.15, 0.2) is 18.2 Å². The lowest BCUT2D eigenvalue weighted by atomic mass is 9.96. The van der Waals surface area contributed by atoms with Crippen molar-refractivity contribution in [1.29, 1.82) is 0 Å². The highest BCUT2D eigenvalue weighted by Gasteiger charge is 2.25. The second-order valence-electron chi connectivity index (χ2n) is 6.45. The summed E-state index contributed by atoms with van der Waals surface area (Å²) < 4.78 is 5.13. The first kappa shape index (κ1) is 19.2. The lowest BCUT2D eigenvalue weighted by molar-refractivity contribution is -0.149. The summed E-state index contributed by atoms with van der Waals surface area (Å²) in [6.45, 7) is 9.11. The third-order valence-corrected chi connectivity index (χ3v) is 4.61. The van der Waals surface area contributed by atoms with Gasteiger partial charge >= 0.3 is 5.97 Å². The Hall–Kier alpha value is -1.10. The molecule has 0 unspecified atom stereocenters. The van der Waals surface area contributed by atoms with Gasteiger partial charge in [0, 0.05) is 18.1 Å². The first-order valence-electron chi connectivity index (χ1n) is 9.00. The minimum absolute atomic E-state index is 0.0378. The molecule has 0 atom stereocenters. The molecule has 1 saturated heterocycles. The van der Waals surface area contributed by atoms with Crippen LogP contribution in [-0.2, 0) is 22.6 Å². The zero-order valence-corrected chi connectivity index (χ0v) is 15.6. The predicted octanol–water partition coefficient (Wildman–Crippen LogP) is 3.61. The van der Waals surface area contributed by atoms with Gasteiger partial charge in [-0.15, -0.1) is 0 Å². The highest BCUT2D eigenvalue weighted by molar-refractivity contribution is 6.30. The molecule has 0 spiro atoms. The number of benzene rings is 1. The van der Waals surface area contributed by atoms with Crippen molar-refractivity contribution in [2.45, 2.75) is 46.2 Å². The van der Waals surface area contributed by atoms with Crippen molar-refractivity contribution in [3.8, 4) is 0 Å². The molecule has 0 saturated carbocycles. The lowest BCUT2D eigenvalue weighted by Crippen LogP contribution is -2.36. The van der Waals surface area contributed by atoms with Crippen LogP contribution >= 0.6 is 11.6 Å². The molecule has 1 aliphatic heterocycles. The van der Waals surface area contributed by atoms with Crippen molar-refractivity contribution < 1.29 is 9.53 Å². The second-order valence-corrected chi connectivity index (χ2v) is 6.88. The van der Waals surface area contributed by atoms with Gasteiger partial charge in [0.15, 0.2) is 0 Å². The van der Waals surface area contributed by atoms with Crippen LogP contribution in [0.25, 0.3) is 0 Å². The molecule has 1 heterocycles. The largest absolute Gasteiger partial charge is 0.466 e. The van der Waals surface area contributed by atoms with Crippen LogP contribution in [0.3, 0.4) is 0 Å². The molecule has 5 heteroatoms. The Morgan fingerprint density at radius 2 is 1.96 bits per heavy atom. The molecule has 1 aliphatic rings. The summed E-state index contributed by atoms with van der Waals surface area (Å²) in [6.07, 6.45) is 2.89. The molecule has 1 N–H and O–H groups in total. The Balaban J connectivity index is 1.86. The van der Waals surface area contributed by atoms with Crippen LogP contribution in [0.5, 0.6) is 0 Å². The number of esters is 1. The van der Waals surface area contributed by atoms with Gasteiger partial charge in [-0.1, -0.05) is 24.6 Å². The Morgan fingerprint density at radius 1 is 1.25 bits per heavy atom. The summed E-state index contributed by atoms with van der Waals surface area (Å²) in [5, 5.41) is 4.21. The first-order valence-corrected chi connectivity index (χ1v) is 9.38. The standard InChI is InChI=1S/C19H29ClN2O2/c1-3-7-21-13-15-10-16(12-18(20)11-15)14-22-8-5-17(6-9-22)19(23)24-4-2/h10-12,17,21H,3-9,13-14H2,1-2H3. The Morgan fingerprint density at radius 3 is 2.62 bits per heavy atom. The number of hydrogen-bond acceptors (Lipinski definition) is 4. The minimum atomic E-state index is -0.0378. The average molecular weight is 353 g/mol. The topological polar surface area (TPSA) is 41.6 Å². The van der Waals surface area contributed by atoms with Crippen LogP contribution in [-0.4, -0.2) is 37.1 Å². The summed E-state index contributed by atoms with van der Waals surface area (Å²) >= 11 is 6.27. The van der Waals surface area contributed by atoms with E-state index in [1.807, 2.05) is 19.1 Å². The Bertz CT molecular complexity index is 528. The molecule has 0 aromatic heterocycles. The SMILES string of the molecule is CCCNCc1cc(Cl)cc(CN2CCC(C(=O)OCC)CC2)c1. The molecule has 4 nitrogen and oxygen atoms in total. The van der Waals surface area contributed by atoms with Crippen LogP contribution in [0.4, 0.5) is 0 Å². The van der Waals surface area contributed by atoms with Crippen molar-refractivity contribution >= 4 is 17.6 Å². The van der Waals surface area contributed by atoms with E-state index >= 15 is 0 Å².